The van der Waals surface area contributed by atoms with Crippen LogP contribution in [0.1, 0.15) is 5.56 Å². The number of hydrogen-bond donors (Lipinski definition) is 1. The fraction of sp³-hybridized carbons (Fsp3) is 0.300. The number of rotatable bonds is 4. The molecule has 0 saturated carbocycles. The molecule has 2 N–H and O–H groups in total. The Hall–Kier alpha value is -1.00. The van der Waals surface area contributed by atoms with Crippen LogP contribution in [0.3, 0.4) is 0 Å². The number of ether oxygens (including phenoxy) is 1. The average Bonchev–Trinajstić information content (AvgIpc) is 2.26. The van der Waals surface area contributed by atoms with Gasteiger partial charge < -0.3 is 10.5 Å². The number of nitrogens with two attached hydrogens (primary N) is 1. The molecule has 0 aliphatic heterocycles. The summed E-state index contributed by atoms with van der Waals surface area (Å²) in [7, 11) is 1.39. The highest BCUT2D eigenvalue weighted by Crippen LogP contribution is 2.21. The fourth-order valence-electron chi connectivity index (χ4n) is 1.01. The third-order valence-corrected chi connectivity index (χ3v) is 2.86. The van der Waals surface area contributed by atoms with E-state index < -0.39 is 0 Å². The summed E-state index contributed by atoms with van der Waals surface area (Å²) < 4.78 is 4.55. The summed E-state index contributed by atoms with van der Waals surface area (Å²) >= 11 is 1.45. The van der Waals surface area contributed by atoms with Gasteiger partial charge in [0, 0.05) is 11.4 Å². The second-order valence-corrected chi connectivity index (χ2v) is 3.69. The van der Waals surface area contributed by atoms with Crippen molar-refractivity contribution in [2.75, 3.05) is 12.9 Å². The SMILES string of the molecule is COC(=O)CSc1ccccc1CN. The van der Waals surface area contributed by atoms with Crippen LogP contribution in [0.25, 0.3) is 0 Å². The van der Waals surface area contributed by atoms with Gasteiger partial charge in [0.15, 0.2) is 0 Å². The van der Waals surface area contributed by atoms with E-state index in [0.717, 1.165) is 10.5 Å². The smallest absolute Gasteiger partial charge is 0.315 e. The highest BCUT2D eigenvalue weighted by molar-refractivity contribution is 8.00. The Morgan fingerprint density at radius 1 is 1.50 bits per heavy atom. The van der Waals surface area contributed by atoms with E-state index in [-0.39, 0.29) is 5.97 Å². The van der Waals surface area contributed by atoms with Gasteiger partial charge in [0.2, 0.25) is 0 Å². The zero-order valence-electron chi connectivity index (χ0n) is 8.03. The maximum absolute atomic E-state index is 10.9. The summed E-state index contributed by atoms with van der Waals surface area (Å²) in [5.41, 5.74) is 6.62. The summed E-state index contributed by atoms with van der Waals surface area (Å²) in [6.45, 7) is 0.490. The molecule has 76 valence electrons. The van der Waals surface area contributed by atoms with Crippen LogP contribution in [0, 0.1) is 0 Å². The highest BCUT2D eigenvalue weighted by Gasteiger charge is 2.04. The van der Waals surface area contributed by atoms with E-state index in [4.69, 9.17) is 5.73 Å². The number of thioether (sulfide) groups is 1. The first kappa shape index (κ1) is 11.1. The molecule has 0 saturated heterocycles. The van der Waals surface area contributed by atoms with E-state index in [1.54, 1.807) is 0 Å². The first-order valence-electron chi connectivity index (χ1n) is 4.25. The summed E-state index contributed by atoms with van der Waals surface area (Å²) in [5, 5.41) is 0. The summed E-state index contributed by atoms with van der Waals surface area (Å²) in [4.78, 5) is 12.0. The molecule has 0 aliphatic rings. The quantitative estimate of drug-likeness (QED) is 0.604. The second-order valence-electron chi connectivity index (χ2n) is 2.68. The number of carbonyl (C=O) groups is 1. The zero-order chi connectivity index (χ0) is 10.4. The average molecular weight is 211 g/mol. The lowest BCUT2D eigenvalue weighted by Gasteiger charge is -2.05. The minimum absolute atomic E-state index is 0.221. The van der Waals surface area contributed by atoms with E-state index in [0.29, 0.717) is 12.3 Å². The number of carbonyl (C=O) groups excluding carboxylic acids is 1. The van der Waals surface area contributed by atoms with Gasteiger partial charge in [0.1, 0.15) is 0 Å². The lowest BCUT2D eigenvalue weighted by Crippen LogP contribution is -2.04. The molecule has 0 fully saturated rings. The lowest BCUT2D eigenvalue weighted by atomic mass is 10.2. The summed E-state index contributed by atoms with van der Waals surface area (Å²) in [6, 6.07) is 7.78. The molecular formula is C10H13NO2S. The van der Waals surface area contributed by atoms with Crippen molar-refractivity contribution in [2.45, 2.75) is 11.4 Å². The predicted molar refractivity (Wildman–Crippen MR) is 57.1 cm³/mol. The third-order valence-electron chi connectivity index (χ3n) is 1.77. The summed E-state index contributed by atoms with van der Waals surface area (Å²) in [6.07, 6.45) is 0. The Morgan fingerprint density at radius 2 is 2.21 bits per heavy atom. The van der Waals surface area contributed by atoms with E-state index in [9.17, 15) is 4.79 Å². The molecule has 1 rings (SSSR count). The van der Waals surface area contributed by atoms with Crippen LogP contribution in [0.5, 0.6) is 0 Å². The standard InChI is InChI=1S/C10H13NO2S/c1-13-10(12)7-14-9-5-3-2-4-8(9)6-11/h2-5H,6-7,11H2,1H3. The number of methoxy groups -OCH3 is 1. The molecule has 0 amide bonds. The lowest BCUT2D eigenvalue weighted by molar-refractivity contribution is -0.137. The van der Waals surface area contributed by atoms with Crippen molar-refractivity contribution in [3.63, 3.8) is 0 Å². The topological polar surface area (TPSA) is 52.3 Å². The molecule has 4 heteroatoms. The normalized spacial score (nSPS) is 9.86. The predicted octanol–water partition coefficient (Wildman–Crippen LogP) is 1.41. The van der Waals surface area contributed by atoms with Gasteiger partial charge in [-0.25, -0.2) is 0 Å². The van der Waals surface area contributed by atoms with Crippen LogP contribution in [-0.2, 0) is 16.1 Å². The van der Waals surface area contributed by atoms with Crippen molar-refractivity contribution >= 4 is 17.7 Å². The molecular weight excluding hydrogens is 198 g/mol. The number of esters is 1. The molecule has 0 heterocycles. The van der Waals surface area contributed by atoms with Gasteiger partial charge in [0.25, 0.3) is 0 Å². The van der Waals surface area contributed by atoms with Crippen molar-refractivity contribution < 1.29 is 9.53 Å². The van der Waals surface area contributed by atoms with Crippen molar-refractivity contribution in [3.05, 3.63) is 29.8 Å². The Bertz CT molecular complexity index is 315. The molecule has 14 heavy (non-hydrogen) atoms. The molecule has 0 bridgehead atoms. The molecule has 0 atom stereocenters. The monoisotopic (exact) mass is 211 g/mol. The molecule has 0 spiro atoms. The minimum Gasteiger partial charge on any atom is -0.468 e. The zero-order valence-corrected chi connectivity index (χ0v) is 8.84. The Labute approximate surface area is 87.6 Å². The first-order valence-corrected chi connectivity index (χ1v) is 5.24. The van der Waals surface area contributed by atoms with E-state index >= 15 is 0 Å². The van der Waals surface area contributed by atoms with E-state index in [2.05, 4.69) is 4.74 Å². The molecule has 1 aromatic rings. The van der Waals surface area contributed by atoms with Crippen molar-refractivity contribution in [1.82, 2.24) is 0 Å². The number of benzene rings is 1. The van der Waals surface area contributed by atoms with Gasteiger partial charge in [-0.3, -0.25) is 4.79 Å². The van der Waals surface area contributed by atoms with Crippen molar-refractivity contribution in [3.8, 4) is 0 Å². The second kappa shape index (κ2) is 5.67. The summed E-state index contributed by atoms with van der Waals surface area (Å²) in [5.74, 6) is 0.106. The highest BCUT2D eigenvalue weighted by atomic mass is 32.2. The third kappa shape index (κ3) is 3.05. The fourth-order valence-corrected chi connectivity index (χ4v) is 1.91. The van der Waals surface area contributed by atoms with E-state index in [1.807, 2.05) is 24.3 Å². The van der Waals surface area contributed by atoms with Gasteiger partial charge in [-0.2, -0.15) is 0 Å². The minimum atomic E-state index is -0.221. The van der Waals surface area contributed by atoms with Crippen LogP contribution < -0.4 is 5.73 Å². The Kier molecular flexibility index (Phi) is 4.49. The first-order chi connectivity index (χ1) is 6.77. The van der Waals surface area contributed by atoms with Gasteiger partial charge in [-0.15, -0.1) is 11.8 Å². The van der Waals surface area contributed by atoms with Crippen molar-refractivity contribution in [1.29, 1.82) is 0 Å². The molecule has 0 aliphatic carbocycles. The van der Waals surface area contributed by atoms with Crippen LogP contribution in [0.2, 0.25) is 0 Å². The molecule has 0 aromatic heterocycles. The van der Waals surface area contributed by atoms with Crippen molar-refractivity contribution in [2.24, 2.45) is 5.73 Å². The van der Waals surface area contributed by atoms with Gasteiger partial charge in [-0.05, 0) is 11.6 Å². The largest absolute Gasteiger partial charge is 0.468 e. The van der Waals surface area contributed by atoms with Gasteiger partial charge in [-0.1, -0.05) is 18.2 Å². The van der Waals surface area contributed by atoms with E-state index in [1.165, 1.54) is 18.9 Å². The van der Waals surface area contributed by atoms with Crippen LogP contribution in [0.15, 0.2) is 29.2 Å². The van der Waals surface area contributed by atoms with Crippen LogP contribution >= 0.6 is 11.8 Å². The maximum atomic E-state index is 10.9. The molecule has 0 unspecified atom stereocenters. The molecule has 1 aromatic carbocycles. The Morgan fingerprint density at radius 3 is 2.86 bits per heavy atom. The molecule has 3 nitrogen and oxygen atoms in total. The number of hydrogen-bond acceptors (Lipinski definition) is 4. The van der Waals surface area contributed by atoms with Gasteiger partial charge >= 0.3 is 5.97 Å². The van der Waals surface area contributed by atoms with Gasteiger partial charge in [0.05, 0.1) is 12.9 Å². The van der Waals surface area contributed by atoms with Crippen LogP contribution in [-0.4, -0.2) is 18.8 Å². The Balaban J connectivity index is 2.61. The van der Waals surface area contributed by atoms with Crippen LogP contribution in [0.4, 0.5) is 0 Å². The maximum Gasteiger partial charge on any atom is 0.315 e. The molecule has 0 radical (unpaired) electrons.